The highest BCUT2D eigenvalue weighted by Crippen LogP contribution is 2.43. The lowest BCUT2D eigenvalue weighted by Gasteiger charge is -2.32. The fourth-order valence-electron chi connectivity index (χ4n) is 5.43. The van der Waals surface area contributed by atoms with Gasteiger partial charge in [-0.25, -0.2) is 13.9 Å². The highest BCUT2D eigenvalue weighted by atomic mass is 19.1. The minimum absolute atomic E-state index is 0.000514. The summed E-state index contributed by atoms with van der Waals surface area (Å²) in [6, 6.07) is 9.87. The van der Waals surface area contributed by atoms with Crippen LogP contribution in [0.4, 0.5) is 13.6 Å². The first-order valence-corrected chi connectivity index (χ1v) is 14.6. The molecule has 2 aliphatic heterocycles. The number of rotatable bonds is 9. The Balaban J connectivity index is 1.60. The van der Waals surface area contributed by atoms with Crippen LogP contribution in [0.1, 0.15) is 77.7 Å². The van der Waals surface area contributed by atoms with Crippen molar-refractivity contribution in [2.75, 3.05) is 19.8 Å². The zero-order valence-corrected chi connectivity index (χ0v) is 25.2. The van der Waals surface area contributed by atoms with Crippen molar-refractivity contribution in [3.8, 4) is 5.75 Å². The topological polar surface area (TPSA) is 107 Å². The third-order valence-electron chi connectivity index (χ3n) is 8.43. The first kappa shape index (κ1) is 31.0. The second kappa shape index (κ2) is 12.3. The van der Waals surface area contributed by atoms with Crippen LogP contribution in [0, 0.1) is 11.8 Å². The molecule has 9 nitrogen and oxygen atoms in total. The maximum atomic E-state index is 16.3. The molecule has 12 heteroatoms. The van der Waals surface area contributed by atoms with Crippen LogP contribution in [0.3, 0.4) is 0 Å². The molecule has 2 saturated heterocycles. The van der Waals surface area contributed by atoms with Gasteiger partial charge < -0.3 is 29.3 Å². The predicted molar refractivity (Wildman–Crippen MR) is 158 cm³/mol. The molecule has 0 aliphatic carbocycles. The first-order chi connectivity index (χ1) is 20.4. The van der Waals surface area contributed by atoms with Crippen LogP contribution in [-0.4, -0.2) is 54.0 Å². The van der Waals surface area contributed by atoms with Crippen molar-refractivity contribution in [3.63, 3.8) is 0 Å². The summed E-state index contributed by atoms with van der Waals surface area (Å²) < 4.78 is 62.0. The molecular formula is C31H38BF2N3O6. The van der Waals surface area contributed by atoms with E-state index in [0.717, 1.165) is 12.8 Å². The molecule has 1 unspecified atom stereocenters. The smallest absolute Gasteiger partial charge is 0.490 e. The lowest BCUT2D eigenvalue weighted by Crippen LogP contribution is -2.41. The van der Waals surface area contributed by atoms with Crippen LogP contribution in [0.15, 0.2) is 41.9 Å². The minimum Gasteiger partial charge on any atom is -0.490 e. The number of fused-ring (bicyclic) bond motifs is 1. The maximum absolute atomic E-state index is 16.3. The summed E-state index contributed by atoms with van der Waals surface area (Å²) in [4.78, 5) is 10.8. The van der Waals surface area contributed by atoms with Crippen LogP contribution >= 0.6 is 0 Å². The van der Waals surface area contributed by atoms with Gasteiger partial charge in [0.15, 0.2) is 6.23 Å². The number of ether oxygens (including phenoxy) is 3. The first-order valence-electron chi connectivity index (χ1n) is 14.6. The number of amides is 1. The van der Waals surface area contributed by atoms with E-state index in [-0.39, 0.29) is 24.2 Å². The van der Waals surface area contributed by atoms with Gasteiger partial charge in [-0.1, -0.05) is 19.1 Å². The van der Waals surface area contributed by atoms with Gasteiger partial charge in [0.1, 0.15) is 24.8 Å². The summed E-state index contributed by atoms with van der Waals surface area (Å²) in [6.45, 7) is 10.4. The number of carbonyl (C=O) groups is 1. The van der Waals surface area contributed by atoms with Gasteiger partial charge in [-0.05, 0) is 88.2 Å². The Labute approximate surface area is 250 Å². The number of primary amides is 1. The van der Waals surface area contributed by atoms with Gasteiger partial charge in [0, 0.05) is 18.2 Å². The summed E-state index contributed by atoms with van der Waals surface area (Å²) in [7, 11) is -0.759. The van der Waals surface area contributed by atoms with Crippen molar-refractivity contribution in [3.05, 3.63) is 64.8 Å². The second-order valence-corrected chi connectivity index (χ2v) is 11.8. The number of carbonyl (C=O) groups excluding carboxylic acids is 1. The van der Waals surface area contributed by atoms with Crippen LogP contribution in [-0.2, 0) is 18.8 Å². The Kier molecular flexibility index (Phi) is 8.83. The Morgan fingerprint density at radius 1 is 1.09 bits per heavy atom. The molecule has 1 atom stereocenters. The largest absolute Gasteiger partial charge is 0.491 e. The van der Waals surface area contributed by atoms with Crippen molar-refractivity contribution < 1.29 is 37.1 Å². The van der Waals surface area contributed by atoms with E-state index < -0.39 is 42.4 Å². The van der Waals surface area contributed by atoms with Crippen molar-refractivity contribution in [1.29, 1.82) is 0 Å². The molecule has 2 aliphatic rings. The third-order valence-corrected chi connectivity index (χ3v) is 8.43. The molecule has 3 heterocycles. The summed E-state index contributed by atoms with van der Waals surface area (Å²) in [5.41, 5.74) is 6.19. The van der Waals surface area contributed by atoms with Crippen LogP contribution in [0.2, 0.25) is 0 Å². The van der Waals surface area contributed by atoms with E-state index in [2.05, 4.69) is 5.10 Å². The van der Waals surface area contributed by atoms with Crippen LogP contribution < -0.4 is 10.5 Å². The number of nitrogens with zero attached hydrogens (tertiary/aromatic N) is 2. The molecule has 2 fully saturated rings. The van der Waals surface area contributed by atoms with Crippen molar-refractivity contribution >= 4 is 29.7 Å². The van der Waals surface area contributed by atoms with E-state index in [1.54, 1.807) is 24.3 Å². The SMILES string of the molecule is CCC(B1OC(C)(C)C(C)(C)O1)=C(c1ccc(OCCOC(N)=O)cc1)c1cc2c(F)nn(C3CCCCO3)c2cc1F. The van der Waals surface area contributed by atoms with E-state index in [1.807, 2.05) is 34.6 Å². The van der Waals surface area contributed by atoms with E-state index in [4.69, 9.17) is 29.3 Å². The number of hydrogen-bond donors (Lipinski definition) is 1. The normalized spacial score (nSPS) is 20.3. The zero-order valence-electron chi connectivity index (χ0n) is 25.2. The van der Waals surface area contributed by atoms with Crippen LogP contribution in [0.25, 0.3) is 16.5 Å². The Hall–Kier alpha value is -3.48. The van der Waals surface area contributed by atoms with Gasteiger partial charge in [0.2, 0.25) is 5.95 Å². The molecule has 1 amide bonds. The molecule has 3 aromatic rings. The average Bonchev–Trinajstić information content (AvgIpc) is 3.40. The number of allylic oxidation sites excluding steroid dienone is 1. The second-order valence-electron chi connectivity index (χ2n) is 11.8. The van der Waals surface area contributed by atoms with Gasteiger partial charge in [0.25, 0.3) is 0 Å². The Morgan fingerprint density at radius 2 is 1.79 bits per heavy atom. The fourth-order valence-corrected chi connectivity index (χ4v) is 5.43. The Morgan fingerprint density at radius 3 is 2.40 bits per heavy atom. The van der Waals surface area contributed by atoms with Gasteiger partial charge in [-0.2, -0.15) is 4.39 Å². The van der Waals surface area contributed by atoms with Crippen molar-refractivity contribution in [1.82, 2.24) is 9.78 Å². The standard InChI is InChI=1S/C31H38BF2N3O6/c1-6-23(32-42-30(2,3)31(4,5)43-32)27(19-10-12-20(13-11-19)39-15-16-41-29(35)38)21-17-22-25(18-24(21)33)37(36-28(22)34)26-9-7-8-14-40-26/h10-13,17-18,26H,6-9,14-16H2,1-5H3,(H2,35,38). The lowest BCUT2D eigenvalue weighted by atomic mass is 9.70. The van der Waals surface area contributed by atoms with E-state index in [0.29, 0.717) is 47.3 Å². The molecule has 2 aromatic carbocycles. The highest BCUT2D eigenvalue weighted by molar-refractivity contribution is 6.56. The fraction of sp³-hybridized carbons (Fsp3) is 0.484. The number of hydrogen-bond acceptors (Lipinski definition) is 7. The summed E-state index contributed by atoms with van der Waals surface area (Å²) >= 11 is 0. The van der Waals surface area contributed by atoms with E-state index in [1.165, 1.54) is 16.8 Å². The lowest BCUT2D eigenvalue weighted by molar-refractivity contribution is -0.0375. The molecule has 230 valence electrons. The summed E-state index contributed by atoms with van der Waals surface area (Å²) in [5.74, 6) is -0.716. The van der Waals surface area contributed by atoms with Gasteiger partial charge in [0.05, 0.1) is 22.1 Å². The quantitative estimate of drug-likeness (QED) is 0.227. The van der Waals surface area contributed by atoms with Gasteiger partial charge in [-0.15, -0.1) is 5.10 Å². The number of aromatic nitrogens is 2. The molecule has 0 bridgehead atoms. The molecule has 0 radical (unpaired) electrons. The van der Waals surface area contributed by atoms with Crippen molar-refractivity contribution in [2.24, 2.45) is 5.73 Å². The minimum atomic E-state index is -0.879. The monoisotopic (exact) mass is 597 g/mol. The molecular weight excluding hydrogens is 559 g/mol. The Bertz CT molecular complexity index is 1500. The number of benzene rings is 2. The third kappa shape index (κ3) is 6.27. The molecule has 0 spiro atoms. The molecule has 2 N–H and O–H groups in total. The average molecular weight is 597 g/mol. The summed E-state index contributed by atoms with van der Waals surface area (Å²) in [5, 5.41) is 4.30. The van der Waals surface area contributed by atoms with Gasteiger partial charge in [-0.3, -0.25) is 0 Å². The summed E-state index contributed by atoms with van der Waals surface area (Å²) in [6.07, 6.45) is 1.68. The van der Waals surface area contributed by atoms with E-state index >= 15 is 8.78 Å². The molecule has 1 aromatic heterocycles. The number of nitrogens with two attached hydrogens (primary N) is 1. The molecule has 43 heavy (non-hydrogen) atoms. The zero-order chi connectivity index (χ0) is 30.9. The van der Waals surface area contributed by atoms with Gasteiger partial charge >= 0.3 is 13.2 Å². The van der Waals surface area contributed by atoms with Crippen LogP contribution in [0.5, 0.6) is 5.75 Å². The molecule has 5 rings (SSSR count). The highest BCUT2D eigenvalue weighted by Gasteiger charge is 2.52. The van der Waals surface area contributed by atoms with Crippen molar-refractivity contribution in [2.45, 2.75) is 77.7 Å². The predicted octanol–water partition coefficient (Wildman–Crippen LogP) is 6.33. The molecule has 0 saturated carbocycles. The number of halogens is 2. The van der Waals surface area contributed by atoms with E-state index in [9.17, 15) is 4.79 Å². The maximum Gasteiger partial charge on any atom is 0.491 e.